The molecule has 0 bridgehead atoms. The van der Waals surface area contributed by atoms with E-state index in [4.69, 9.17) is 9.05 Å². The predicted octanol–water partition coefficient (Wildman–Crippen LogP) is 16.5. The first-order valence-electron chi connectivity index (χ1n) is 28.5. The van der Waals surface area contributed by atoms with Crippen molar-refractivity contribution in [1.82, 2.24) is 5.32 Å². The molecular formula is C58H111N2O6P. The molecular weight excluding hydrogens is 852 g/mol. The summed E-state index contributed by atoms with van der Waals surface area (Å²) < 4.78 is 23.3. The minimum absolute atomic E-state index is 0.00870. The maximum atomic E-state index is 12.9. The van der Waals surface area contributed by atoms with Crippen molar-refractivity contribution < 1.29 is 32.9 Å². The summed E-state index contributed by atoms with van der Waals surface area (Å²) in [5.74, 6) is -0.209. The normalized spacial score (nSPS) is 14.3. The van der Waals surface area contributed by atoms with Gasteiger partial charge in [-0.05, 0) is 70.6 Å². The smallest absolute Gasteiger partial charge is 0.268 e. The Morgan fingerprint density at radius 3 is 1.22 bits per heavy atom. The van der Waals surface area contributed by atoms with Crippen LogP contribution < -0.4 is 10.2 Å². The van der Waals surface area contributed by atoms with E-state index in [9.17, 15) is 19.4 Å². The number of amides is 1. The van der Waals surface area contributed by atoms with E-state index < -0.39 is 26.6 Å². The first-order valence-corrected chi connectivity index (χ1v) is 30.0. The first kappa shape index (κ1) is 65.5. The van der Waals surface area contributed by atoms with Crippen molar-refractivity contribution in [1.29, 1.82) is 0 Å². The van der Waals surface area contributed by atoms with Crippen LogP contribution in [0.25, 0.3) is 0 Å². The molecule has 0 radical (unpaired) electrons. The molecule has 0 aliphatic heterocycles. The van der Waals surface area contributed by atoms with Crippen molar-refractivity contribution in [2.24, 2.45) is 0 Å². The van der Waals surface area contributed by atoms with Gasteiger partial charge in [0.2, 0.25) is 5.91 Å². The van der Waals surface area contributed by atoms with Crippen molar-refractivity contribution in [3.05, 3.63) is 48.6 Å². The number of hydrogen-bond acceptors (Lipinski definition) is 6. The number of phosphoric ester groups is 1. The van der Waals surface area contributed by atoms with Crippen LogP contribution in [0.3, 0.4) is 0 Å². The lowest BCUT2D eigenvalue weighted by molar-refractivity contribution is -0.870. The number of nitrogens with zero attached hydrogens (tertiary/aromatic N) is 1. The highest BCUT2D eigenvalue weighted by molar-refractivity contribution is 7.45. The van der Waals surface area contributed by atoms with E-state index in [2.05, 4.69) is 55.6 Å². The van der Waals surface area contributed by atoms with Gasteiger partial charge in [-0.2, -0.15) is 0 Å². The van der Waals surface area contributed by atoms with Gasteiger partial charge in [-0.15, -0.1) is 0 Å². The van der Waals surface area contributed by atoms with Crippen LogP contribution in [0.4, 0.5) is 0 Å². The Bertz CT molecular complexity index is 1230. The number of rotatable bonds is 52. The lowest BCUT2D eigenvalue weighted by atomic mass is 10.0. The first-order chi connectivity index (χ1) is 32.5. The van der Waals surface area contributed by atoms with Crippen LogP contribution in [0, 0.1) is 0 Å². The van der Waals surface area contributed by atoms with Crippen molar-refractivity contribution >= 4 is 13.7 Å². The molecule has 2 N–H and O–H groups in total. The standard InChI is InChI=1S/C58H111N2O6P/c1-6-8-10-12-14-16-18-20-22-23-24-25-26-27-28-29-30-31-32-33-34-35-36-37-38-40-42-44-46-48-50-52-58(62)59-56(55-66-67(63,64)65-54-53-60(3,4)5)57(61)51-49-47-45-43-41-39-21-19-17-15-13-11-9-7-2/h17,19,23-24,41,43,49,51,56-57,61H,6-16,18,20-22,25-40,42,44-48,50,52-55H2,1-5H3,(H-,59,62,63,64)/b19-17+,24-23-,43-41+,51-49+. The van der Waals surface area contributed by atoms with Crippen LogP contribution in [-0.2, 0) is 18.4 Å². The quantitative estimate of drug-likeness (QED) is 0.0272. The fourth-order valence-corrected chi connectivity index (χ4v) is 8.96. The van der Waals surface area contributed by atoms with Gasteiger partial charge in [0.1, 0.15) is 13.2 Å². The number of nitrogens with one attached hydrogen (secondary N) is 1. The van der Waals surface area contributed by atoms with Crippen LogP contribution in [0.2, 0.25) is 0 Å². The minimum Gasteiger partial charge on any atom is -0.756 e. The maximum absolute atomic E-state index is 12.9. The minimum atomic E-state index is -4.60. The summed E-state index contributed by atoms with van der Waals surface area (Å²) in [4.78, 5) is 25.4. The van der Waals surface area contributed by atoms with Gasteiger partial charge in [-0.3, -0.25) is 9.36 Å². The van der Waals surface area contributed by atoms with Crippen molar-refractivity contribution in [2.75, 3.05) is 40.9 Å². The molecule has 0 fully saturated rings. The molecule has 9 heteroatoms. The van der Waals surface area contributed by atoms with Gasteiger partial charge in [-0.1, -0.05) is 236 Å². The third-order valence-corrected chi connectivity index (χ3v) is 13.7. The van der Waals surface area contributed by atoms with E-state index in [1.54, 1.807) is 6.08 Å². The number of quaternary nitrogens is 1. The third kappa shape index (κ3) is 52.1. The highest BCUT2D eigenvalue weighted by Gasteiger charge is 2.23. The molecule has 394 valence electrons. The summed E-state index contributed by atoms with van der Waals surface area (Å²) in [5, 5.41) is 13.8. The number of hydrogen-bond donors (Lipinski definition) is 2. The lowest BCUT2D eigenvalue weighted by Gasteiger charge is -2.29. The molecule has 0 heterocycles. The van der Waals surface area contributed by atoms with Gasteiger partial charge in [0.05, 0.1) is 39.9 Å². The molecule has 3 unspecified atom stereocenters. The molecule has 0 aromatic rings. The van der Waals surface area contributed by atoms with E-state index in [-0.39, 0.29) is 12.5 Å². The Kier molecular flexibility index (Phi) is 48.3. The molecule has 1 amide bonds. The van der Waals surface area contributed by atoms with E-state index in [1.807, 2.05) is 27.2 Å². The lowest BCUT2D eigenvalue weighted by Crippen LogP contribution is -2.45. The zero-order valence-electron chi connectivity index (χ0n) is 44.9. The van der Waals surface area contributed by atoms with E-state index in [0.717, 1.165) is 44.9 Å². The highest BCUT2D eigenvalue weighted by atomic mass is 31.2. The second-order valence-corrected chi connectivity index (χ2v) is 22.0. The fourth-order valence-electron chi connectivity index (χ4n) is 8.24. The van der Waals surface area contributed by atoms with Crippen molar-refractivity contribution in [2.45, 2.75) is 276 Å². The molecule has 3 atom stereocenters. The van der Waals surface area contributed by atoms with Crippen molar-refractivity contribution in [3.8, 4) is 0 Å². The number of carbonyl (C=O) groups excluding carboxylic acids is 1. The van der Waals surface area contributed by atoms with Gasteiger partial charge < -0.3 is 28.8 Å². The Hall–Kier alpha value is -1.54. The molecule has 0 saturated heterocycles. The molecule has 0 aromatic carbocycles. The summed E-state index contributed by atoms with van der Waals surface area (Å²) in [6.45, 7) is 4.61. The predicted molar refractivity (Wildman–Crippen MR) is 288 cm³/mol. The second-order valence-electron chi connectivity index (χ2n) is 20.6. The van der Waals surface area contributed by atoms with E-state index in [1.165, 1.54) is 199 Å². The number of unbranched alkanes of at least 4 members (excludes halogenated alkanes) is 33. The number of aliphatic hydroxyl groups excluding tert-OH is 1. The average Bonchev–Trinajstić information content (AvgIpc) is 3.29. The topological polar surface area (TPSA) is 108 Å². The van der Waals surface area contributed by atoms with Gasteiger partial charge in [-0.25, -0.2) is 0 Å². The fraction of sp³-hybridized carbons (Fsp3) is 0.845. The highest BCUT2D eigenvalue weighted by Crippen LogP contribution is 2.38. The van der Waals surface area contributed by atoms with Crippen LogP contribution in [0.5, 0.6) is 0 Å². The third-order valence-electron chi connectivity index (χ3n) is 12.7. The van der Waals surface area contributed by atoms with Crippen LogP contribution in [-0.4, -0.2) is 68.5 Å². The van der Waals surface area contributed by atoms with E-state index >= 15 is 0 Å². The molecule has 0 aliphatic carbocycles. The van der Waals surface area contributed by atoms with Gasteiger partial charge in [0.25, 0.3) is 7.82 Å². The molecule has 0 rings (SSSR count). The SMILES string of the molecule is CCCCCC/C=C/CC/C=C/CC/C=C/C(O)C(COP(=O)([O-])OCC[N+](C)(C)C)NC(=O)CCCCCCCCCCCCCCCCCCCCC/C=C\CCCCCCCCCC. The Balaban J connectivity index is 4.08. The van der Waals surface area contributed by atoms with E-state index in [0.29, 0.717) is 17.4 Å². The van der Waals surface area contributed by atoms with Crippen molar-refractivity contribution in [3.63, 3.8) is 0 Å². The Labute approximate surface area is 416 Å². The molecule has 8 nitrogen and oxygen atoms in total. The van der Waals surface area contributed by atoms with Gasteiger partial charge >= 0.3 is 0 Å². The zero-order valence-corrected chi connectivity index (χ0v) is 45.7. The van der Waals surface area contributed by atoms with Gasteiger partial charge in [0.15, 0.2) is 0 Å². The van der Waals surface area contributed by atoms with Crippen LogP contribution in [0.15, 0.2) is 48.6 Å². The largest absolute Gasteiger partial charge is 0.756 e. The summed E-state index contributed by atoms with van der Waals surface area (Å²) in [5.41, 5.74) is 0. The Morgan fingerprint density at radius 2 is 0.836 bits per heavy atom. The molecule has 0 aromatic heterocycles. The Morgan fingerprint density at radius 1 is 0.507 bits per heavy atom. The number of phosphoric acid groups is 1. The second kappa shape index (κ2) is 49.4. The molecule has 0 saturated carbocycles. The van der Waals surface area contributed by atoms with Crippen LogP contribution in [0.1, 0.15) is 264 Å². The average molecular weight is 964 g/mol. The molecule has 0 aliphatic rings. The molecule has 0 spiro atoms. The van der Waals surface area contributed by atoms with Crippen LogP contribution >= 0.6 is 7.82 Å². The number of aliphatic hydroxyl groups is 1. The molecule has 67 heavy (non-hydrogen) atoms. The van der Waals surface area contributed by atoms with Gasteiger partial charge in [0, 0.05) is 6.42 Å². The monoisotopic (exact) mass is 963 g/mol. The summed E-state index contributed by atoms with van der Waals surface area (Å²) in [6.07, 6.45) is 64.9. The maximum Gasteiger partial charge on any atom is 0.268 e. The summed E-state index contributed by atoms with van der Waals surface area (Å²) in [6, 6.07) is -0.908. The summed E-state index contributed by atoms with van der Waals surface area (Å²) >= 11 is 0. The number of allylic oxidation sites excluding steroid dienone is 7. The number of carbonyl (C=O) groups is 1. The number of likely N-dealkylation sites (N-methyl/N-ethyl adjacent to an activating group) is 1. The summed E-state index contributed by atoms with van der Waals surface area (Å²) in [7, 11) is 1.24. The zero-order chi connectivity index (χ0) is 49.2.